The van der Waals surface area contributed by atoms with Crippen molar-refractivity contribution in [1.82, 2.24) is 10.2 Å². The average Bonchev–Trinajstić information content (AvgIpc) is 2.69. The van der Waals surface area contributed by atoms with Crippen LogP contribution in [0.2, 0.25) is 0 Å². The Morgan fingerprint density at radius 3 is 2.69 bits per heavy atom. The first kappa shape index (κ1) is 21.1. The molecule has 0 amide bonds. The minimum atomic E-state index is -0.345. The molecule has 0 bridgehead atoms. The molecule has 0 spiro atoms. The van der Waals surface area contributed by atoms with Crippen LogP contribution in [0, 0.1) is 24.5 Å². The fraction of sp³-hybridized carbons (Fsp3) is 0.360. The van der Waals surface area contributed by atoms with Gasteiger partial charge in [0.2, 0.25) is 0 Å². The van der Waals surface area contributed by atoms with Crippen LogP contribution in [0.1, 0.15) is 37.3 Å². The quantitative estimate of drug-likeness (QED) is 0.627. The van der Waals surface area contributed by atoms with E-state index in [2.05, 4.69) is 23.7 Å². The van der Waals surface area contributed by atoms with E-state index in [-0.39, 0.29) is 17.7 Å². The second kappa shape index (κ2) is 9.25. The SMILES string of the molecule is C=CN1/C(=C\NC)CCC(CC)C1Cc1cccc(-c2cc(C)cc(F)c2)c1F. The molecule has 2 atom stereocenters. The number of nitrogens with zero attached hydrogens (tertiary/aromatic N) is 1. The third-order valence-electron chi connectivity index (χ3n) is 5.90. The zero-order chi connectivity index (χ0) is 21.0. The molecule has 1 fully saturated rings. The zero-order valence-corrected chi connectivity index (χ0v) is 17.5. The molecule has 154 valence electrons. The summed E-state index contributed by atoms with van der Waals surface area (Å²) in [5.41, 5.74) is 3.64. The number of benzene rings is 2. The largest absolute Gasteiger partial charge is 0.393 e. The number of nitrogens with one attached hydrogen (secondary N) is 1. The Bertz CT molecular complexity index is 883. The monoisotopic (exact) mass is 396 g/mol. The topological polar surface area (TPSA) is 15.3 Å². The summed E-state index contributed by atoms with van der Waals surface area (Å²) >= 11 is 0. The van der Waals surface area contributed by atoms with E-state index in [9.17, 15) is 4.39 Å². The summed E-state index contributed by atoms with van der Waals surface area (Å²) in [7, 11) is 1.89. The van der Waals surface area contributed by atoms with E-state index in [0.717, 1.165) is 24.8 Å². The molecule has 2 nitrogen and oxygen atoms in total. The maximum Gasteiger partial charge on any atom is 0.134 e. The van der Waals surface area contributed by atoms with Crippen LogP contribution in [0.4, 0.5) is 8.78 Å². The van der Waals surface area contributed by atoms with E-state index in [1.807, 2.05) is 44.6 Å². The summed E-state index contributed by atoms with van der Waals surface area (Å²) in [6, 6.07) is 10.2. The molecule has 3 rings (SSSR count). The summed E-state index contributed by atoms with van der Waals surface area (Å²) < 4.78 is 29.4. The van der Waals surface area contributed by atoms with E-state index < -0.39 is 0 Å². The number of aryl methyl sites for hydroxylation is 1. The number of halogens is 2. The van der Waals surface area contributed by atoms with E-state index >= 15 is 4.39 Å². The van der Waals surface area contributed by atoms with Gasteiger partial charge in [-0.3, -0.25) is 0 Å². The van der Waals surface area contributed by atoms with E-state index in [4.69, 9.17) is 0 Å². The molecule has 0 radical (unpaired) electrons. The second-order valence-electron chi connectivity index (χ2n) is 7.79. The molecule has 1 saturated heterocycles. The molecule has 1 heterocycles. The number of rotatable bonds is 6. The Morgan fingerprint density at radius 2 is 2.03 bits per heavy atom. The third kappa shape index (κ3) is 4.52. The van der Waals surface area contributed by atoms with Crippen LogP contribution >= 0.6 is 0 Å². The Kier molecular flexibility index (Phi) is 6.73. The second-order valence-corrected chi connectivity index (χ2v) is 7.79. The van der Waals surface area contributed by atoms with Gasteiger partial charge in [-0.1, -0.05) is 44.2 Å². The van der Waals surface area contributed by atoms with Gasteiger partial charge in [0.15, 0.2) is 0 Å². The predicted molar refractivity (Wildman–Crippen MR) is 116 cm³/mol. The molecule has 1 aliphatic rings. The molecule has 2 aromatic rings. The first-order valence-electron chi connectivity index (χ1n) is 10.3. The van der Waals surface area contributed by atoms with Gasteiger partial charge in [0, 0.05) is 30.5 Å². The molecule has 0 aromatic heterocycles. The van der Waals surface area contributed by atoms with Gasteiger partial charge in [0.25, 0.3) is 0 Å². The summed E-state index contributed by atoms with van der Waals surface area (Å²) in [6.07, 6.45) is 7.53. The van der Waals surface area contributed by atoms with Crippen molar-refractivity contribution < 1.29 is 8.78 Å². The first-order chi connectivity index (χ1) is 14.0. The molecule has 4 heteroatoms. The van der Waals surface area contributed by atoms with Crippen molar-refractivity contribution in [2.24, 2.45) is 5.92 Å². The summed E-state index contributed by atoms with van der Waals surface area (Å²) in [4.78, 5) is 2.19. The molecular formula is C25H30F2N2. The van der Waals surface area contributed by atoms with Gasteiger partial charge in [-0.05, 0) is 67.1 Å². The van der Waals surface area contributed by atoms with Crippen molar-refractivity contribution in [3.8, 4) is 11.1 Å². The maximum absolute atomic E-state index is 15.5. The minimum Gasteiger partial charge on any atom is -0.393 e. The maximum atomic E-state index is 15.5. The van der Waals surface area contributed by atoms with Crippen molar-refractivity contribution in [1.29, 1.82) is 0 Å². The van der Waals surface area contributed by atoms with Crippen LogP contribution in [0.5, 0.6) is 0 Å². The van der Waals surface area contributed by atoms with Crippen molar-refractivity contribution in [3.05, 3.63) is 83.8 Å². The lowest BCUT2D eigenvalue weighted by Crippen LogP contribution is -2.42. The van der Waals surface area contributed by atoms with Crippen LogP contribution in [-0.2, 0) is 6.42 Å². The summed E-state index contributed by atoms with van der Waals surface area (Å²) in [6.45, 7) is 8.01. The van der Waals surface area contributed by atoms with Gasteiger partial charge in [-0.15, -0.1) is 0 Å². The van der Waals surface area contributed by atoms with Crippen molar-refractivity contribution >= 4 is 0 Å². The molecule has 1 aliphatic heterocycles. The van der Waals surface area contributed by atoms with Gasteiger partial charge < -0.3 is 10.2 Å². The molecule has 2 aromatic carbocycles. The lowest BCUT2D eigenvalue weighted by Gasteiger charge is -2.42. The number of likely N-dealkylation sites (tertiary alicyclic amines) is 1. The molecule has 29 heavy (non-hydrogen) atoms. The molecule has 2 unspecified atom stereocenters. The standard InChI is InChI=1S/C25H30F2N2/c1-5-18-10-11-22(16-28-4)29(6-2)24(18)15-19-8-7-9-23(25(19)27)20-12-17(3)13-21(26)14-20/h6-9,12-14,16,18,24,28H,2,5,10-11,15H2,1,3-4H3/b22-16-. The van der Waals surface area contributed by atoms with E-state index in [1.54, 1.807) is 6.07 Å². The van der Waals surface area contributed by atoms with Crippen LogP contribution in [0.3, 0.4) is 0 Å². The number of hydrogen-bond acceptors (Lipinski definition) is 2. The Labute approximate surface area is 172 Å². The Hall–Kier alpha value is -2.62. The average molecular weight is 397 g/mol. The van der Waals surface area contributed by atoms with E-state index in [1.165, 1.54) is 17.8 Å². The Balaban J connectivity index is 1.98. The molecule has 0 aliphatic carbocycles. The third-order valence-corrected chi connectivity index (χ3v) is 5.90. The van der Waals surface area contributed by atoms with Crippen LogP contribution in [-0.4, -0.2) is 18.0 Å². The highest BCUT2D eigenvalue weighted by molar-refractivity contribution is 5.66. The molecular weight excluding hydrogens is 366 g/mol. The highest BCUT2D eigenvalue weighted by Gasteiger charge is 2.32. The van der Waals surface area contributed by atoms with Crippen molar-refractivity contribution in [2.45, 2.75) is 45.6 Å². The first-order valence-corrected chi connectivity index (χ1v) is 10.3. The fourth-order valence-corrected chi connectivity index (χ4v) is 4.48. The van der Waals surface area contributed by atoms with Gasteiger partial charge in [0.05, 0.1) is 0 Å². The van der Waals surface area contributed by atoms with Gasteiger partial charge >= 0.3 is 0 Å². The molecule has 0 saturated carbocycles. The van der Waals surface area contributed by atoms with Crippen molar-refractivity contribution in [3.63, 3.8) is 0 Å². The summed E-state index contributed by atoms with van der Waals surface area (Å²) in [5, 5.41) is 3.11. The van der Waals surface area contributed by atoms with Crippen LogP contribution < -0.4 is 5.32 Å². The number of hydrogen-bond donors (Lipinski definition) is 1. The smallest absolute Gasteiger partial charge is 0.134 e. The van der Waals surface area contributed by atoms with Crippen molar-refractivity contribution in [2.75, 3.05) is 7.05 Å². The van der Waals surface area contributed by atoms with Gasteiger partial charge in [-0.2, -0.15) is 0 Å². The van der Waals surface area contributed by atoms with Crippen LogP contribution in [0.15, 0.2) is 61.1 Å². The summed E-state index contributed by atoms with van der Waals surface area (Å²) in [5.74, 6) is -0.148. The molecule has 1 N–H and O–H groups in total. The highest BCUT2D eigenvalue weighted by Crippen LogP contribution is 2.36. The number of allylic oxidation sites excluding steroid dienone is 1. The number of piperidine rings is 1. The Morgan fingerprint density at radius 1 is 1.24 bits per heavy atom. The van der Waals surface area contributed by atoms with E-state index in [0.29, 0.717) is 29.0 Å². The fourth-order valence-electron chi connectivity index (χ4n) is 4.48. The van der Waals surface area contributed by atoms with Gasteiger partial charge in [0.1, 0.15) is 11.6 Å². The zero-order valence-electron chi connectivity index (χ0n) is 17.5. The minimum absolute atomic E-state index is 0.143. The lowest BCUT2D eigenvalue weighted by molar-refractivity contribution is 0.177. The highest BCUT2D eigenvalue weighted by atomic mass is 19.1. The van der Waals surface area contributed by atoms with Gasteiger partial charge in [-0.25, -0.2) is 8.78 Å². The predicted octanol–water partition coefficient (Wildman–Crippen LogP) is 6.18. The van der Waals surface area contributed by atoms with Crippen LogP contribution in [0.25, 0.3) is 11.1 Å². The normalized spacial score (nSPS) is 20.7. The lowest BCUT2D eigenvalue weighted by atomic mass is 9.82.